The number of nitrogens with zero attached hydrogens (tertiary/aromatic N) is 3. The molecule has 0 bridgehead atoms. The number of carbonyl (C=O) groups is 1. The summed E-state index contributed by atoms with van der Waals surface area (Å²) in [7, 11) is 3.36. The van der Waals surface area contributed by atoms with Crippen LogP contribution < -0.4 is 10.1 Å². The Balaban J connectivity index is 1.62. The van der Waals surface area contributed by atoms with E-state index in [1.54, 1.807) is 31.5 Å². The number of thiazole rings is 1. The van der Waals surface area contributed by atoms with Crippen molar-refractivity contribution in [2.24, 2.45) is 0 Å². The van der Waals surface area contributed by atoms with Gasteiger partial charge in [0.2, 0.25) is 0 Å². The Morgan fingerprint density at radius 3 is 2.69 bits per heavy atom. The Morgan fingerprint density at radius 1 is 1.14 bits per heavy atom. The predicted molar refractivity (Wildman–Crippen MR) is 116 cm³/mol. The Labute approximate surface area is 172 Å². The largest absolute Gasteiger partial charge is 0.494 e. The number of urea groups is 1. The van der Waals surface area contributed by atoms with Crippen molar-refractivity contribution in [1.82, 2.24) is 14.9 Å². The van der Waals surface area contributed by atoms with Gasteiger partial charge in [-0.3, -0.25) is 10.3 Å². The van der Waals surface area contributed by atoms with Gasteiger partial charge in [0, 0.05) is 31.5 Å². The van der Waals surface area contributed by atoms with Crippen LogP contribution in [0, 0.1) is 0 Å². The molecular weight excluding hydrogens is 384 g/mol. The van der Waals surface area contributed by atoms with Gasteiger partial charge < -0.3 is 9.64 Å². The number of fused-ring (bicyclic) bond motifs is 1. The van der Waals surface area contributed by atoms with Crippen molar-refractivity contribution >= 4 is 32.7 Å². The van der Waals surface area contributed by atoms with E-state index in [1.807, 2.05) is 42.5 Å². The third-order valence-corrected chi connectivity index (χ3v) is 5.52. The zero-order valence-corrected chi connectivity index (χ0v) is 16.9. The van der Waals surface area contributed by atoms with Crippen LogP contribution in [0.15, 0.2) is 67.0 Å². The molecule has 6 nitrogen and oxygen atoms in total. The maximum Gasteiger partial charge on any atom is 0.323 e. The maximum absolute atomic E-state index is 12.6. The van der Waals surface area contributed by atoms with Crippen LogP contribution >= 0.6 is 11.3 Å². The predicted octanol–water partition coefficient (Wildman–Crippen LogP) is 5.03. The van der Waals surface area contributed by atoms with E-state index in [0.29, 0.717) is 17.4 Å². The fourth-order valence-corrected chi connectivity index (χ4v) is 4.08. The van der Waals surface area contributed by atoms with Crippen LogP contribution in [0.25, 0.3) is 21.3 Å². The molecule has 0 aliphatic rings. The SMILES string of the molecule is COc1ccc(-c2ccccc2)c2sc(NC(=O)N(C)Cc3cccnc3)nc12. The monoisotopic (exact) mass is 404 g/mol. The standard InChI is InChI=1S/C22H20N4O2S/c1-26(14-15-7-6-12-23-13-15)22(27)25-21-24-19-18(28-2)11-10-17(20(19)29-21)16-8-4-3-5-9-16/h3-13H,14H2,1-2H3,(H,24,25,27). The molecule has 0 fully saturated rings. The number of anilines is 1. The van der Waals surface area contributed by atoms with Gasteiger partial charge in [-0.05, 0) is 29.3 Å². The summed E-state index contributed by atoms with van der Waals surface area (Å²) in [6, 6.07) is 17.6. The molecule has 2 amide bonds. The molecule has 0 radical (unpaired) electrons. The summed E-state index contributed by atoms with van der Waals surface area (Å²) in [4.78, 5) is 22.9. The molecule has 1 N–H and O–H groups in total. The molecule has 0 saturated heterocycles. The van der Waals surface area contributed by atoms with Crippen molar-refractivity contribution in [3.8, 4) is 16.9 Å². The van der Waals surface area contributed by atoms with Gasteiger partial charge in [-0.1, -0.05) is 47.7 Å². The Bertz CT molecular complexity index is 1130. The summed E-state index contributed by atoms with van der Waals surface area (Å²) in [5.74, 6) is 0.681. The van der Waals surface area contributed by atoms with E-state index in [1.165, 1.54) is 11.3 Å². The first-order valence-corrected chi connectivity index (χ1v) is 9.91. The third kappa shape index (κ3) is 4.05. The minimum absolute atomic E-state index is 0.229. The lowest BCUT2D eigenvalue weighted by Gasteiger charge is -2.16. The van der Waals surface area contributed by atoms with Gasteiger partial charge in [0.15, 0.2) is 5.13 Å². The number of aromatic nitrogens is 2. The smallest absolute Gasteiger partial charge is 0.323 e. The summed E-state index contributed by atoms with van der Waals surface area (Å²) in [6.07, 6.45) is 3.46. The van der Waals surface area contributed by atoms with Crippen LogP contribution in [0.3, 0.4) is 0 Å². The highest BCUT2D eigenvalue weighted by Gasteiger charge is 2.17. The number of hydrogen-bond donors (Lipinski definition) is 1. The molecule has 2 aromatic carbocycles. The number of hydrogen-bond acceptors (Lipinski definition) is 5. The number of rotatable bonds is 5. The number of carbonyl (C=O) groups excluding carboxylic acids is 1. The molecule has 7 heteroatoms. The van der Waals surface area contributed by atoms with Crippen molar-refractivity contribution in [1.29, 1.82) is 0 Å². The van der Waals surface area contributed by atoms with Gasteiger partial charge in [-0.15, -0.1) is 0 Å². The quantitative estimate of drug-likeness (QED) is 0.507. The molecule has 0 saturated carbocycles. The van der Waals surface area contributed by atoms with Crippen molar-refractivity contribution < 1.29 is 9.53 Å². The summed E-state index contributed by atoms with van der Waals surface area (Å²) in [6.45, 7) is 0.461. The third-order valence-electron chi connectivity index (χ3n) is 4.51. The van der Waals surface area contributed by atoms with Crippen molar-refractivity contribution in [2.45, 2.75) is 6.54 Å². The highest BCUT2D eigenvalue weighted by molar-refractivity contribution is 7.23. The Kier molecular flexibility index (Phi) is 5.39. The van der Waals surface area contributed by atoms with Gasteiger partial charge in [-0.25, -0.2) is 9.78 Å². The fraction of sp³-hybridized carbons (Fsp3) is 0.136. The van der Waals surface area contributed by atoms with Crippen molar-refractivity contribution in [2.75, 3.05) is 19.5 Å². The molecule has 4 aromatic rings. The second kappa shape index (κ2) is 8.28. The van der Waals surface area contributed by atoms with Crippen LogP contribution in [-0.4, -0.2) is 35.1 Å². The fourth-order valence-electron chi connectivity index (χ4n) is 3.07. The molecule has 0 spiro atoms. The van der Waals surface area contributed by atoms with Gasteiger partial charge >= 0.3 is 6.03 Å². The lowest BCUT2D eigenvalue weighted by Crippen LogP contribution is -2.30. The number of ether oxygens (including phenoxy) is 1. The maximum atomic E-state index is 12.6. The average Bonchev–Trinajstić information content (AvgIpc) is 3.17. The Morgan fingerprint density at radius 2 is 1.97 bits per heavy atom. The first-order valence-electron chi connectivity index (χ1n) is 9.09. The zero-order valence-electron chi connectivity index (χ0n) is 16.1. The highest BCUT2D eigenvalue weighted by atomic mass is 32.1. The number of nitrogens with one attached hydrogen (secondary N) is 1. The molecule has 146 valence electrons. The van der Waals surface area contributed by atoms with Crippen LogP contribution in [-0.2, 0) is 6.54 Å². The highest BCUT2D eigenvalue weighted by Crippen LogP contribution is 2.39. The minimum Gasteiger partial charge on any atom is -0.494 e. The summed E-state index contributed by atoms with van der Waals surface area (Å²) in [5.41, 5.74) is 3.85. The minimum atomic E-state index is -0.229. The molecule has 29 heavy (non-hydrogen) atoms. The van der Waals surface area contributed by atoms with Crippen LogP contribution in [0.1, 0.15) is 5.56 Å². The first kappa shape index (κ1) is 18.9. The summed E-state index contributed by atoms with van der Waals surface area (Å²) >= 11 is 1.44. The van der Waals surface area contributed by atoms with E-state index in [0.717, 1.165) is 26.9 Å². The lowest BCUT2D eigenvalue weighted by molar-refractivity contribution is 0.220. The van der Waals surface area contributed by atoms with E-state index < -0.39 is 0 Å². The second-order valence-electron chi connectivity index (χ2n) is 6.53. The van der Waals surface area contributed by atoms with Crippen LogP contribution in [0.4, 0.5) is 9.93 Å². The molecule has 0 atom stereocenters. The normalized spacial score (nSPS) is 10.7. The number of pyridine rings is 1. The van der Waals surface area contributed by atoms with E-state index in [-0.39, 0.29) is 6.03 Å². The lowest BCUT2D eigenvalue weighted by atomic mass is 10.1. The van der Waals surface area contributed by atoms with E-state index in [9.17, 15) is 4.79 Å². The molecule has 0 aliphatic heterocycles. The number of amides is 2. The van der Waals surface area contributed by atoms with Gasteiger partial charge in [0.1, 0.15) is 11.3 Å². The molecule has 2 heterocycles. The average molecular weight is 404 g/mol. The van der Waals surface area contributed by atoms with Crippen molar-refractivity contribution in [3.63, 3.8) is 0 Å². The first-order chi connectivity index (χ1) is 14.2. The number of methoxy groups -OCH3 is 1. The molecule has 0 unspecified atom stereocenters. The molecule has 4 rings (SSSR count). The molecule has 2 aromatic heterocycles. The van der Waals surface area contributed by atoms with Gasteiger partial charge in [-0.2, -0.15) is 0 Å². The van der Waals surface area contributed by atoms with Crippen LogP contribution in [0.2, 0.25) is 0 Å². The van der Waals surface area contributed by atoms with E-state index >= 15 is 0 Å². The zero-order chi connectivity index (χ0) is 20.2. The summed E-state index contributed by atoms with van der Waals surface area (Å²) < 4.78 is 6.45. The topological polar surface area (TPSA) is 67.3 Å². The number of benzene rings is 2. The second-order valence-corrected chi connectivity index (χ2v) is 7.52. The van der Waals surface area contributed by atoms with E-state index in [2.05, 4.69) is 27.4 Å². The summed E-state index contributed by atoms with van der Waals surface area (Å²) in [5, 5.41) is 3.43. The van der Waals surface area contributed by atoms with Crippen LogP contribution in [0.5, 0.6) is 5.75 Å². The Hall–Kier alpha value is -3.45. The molecule has 0 aliphatic carbocycles. The van der Waals surface area contributed by atoms with E-state index in [4.69, 9.17) is 4.74 Å². The van der Waals surface area contributed by atoms with Crippen molar-refractivity contribution in [3.05, 3.63) is 72.6 Å². The van der Waals surface area contributed by atoms with Gasteiger partial charge in [0.25, 0.3) is 0 Å². The van der Waals surface area contributed by atoms with Gasteiger partial charge in [0.05, 0.1) is 11.8 Å². The molecular formula is C22H20N4O2S.